The molecule has 0 atom stereocenters. The minimum atomic E-state index is -0.216. The van der Waals surface area contributed by atoms with Crippen molar-refractivity contribution in [3.8, 4) is 11.5 Å². The SMILES string of the molecule is COc1ccc(O/C(=C\N(C)C)C(=O)c2ccc(Cl)cc2)cc1. The van der Waals surface area contributed by atoms with E-state index < -0.39 is 0 Å². The van der Waals surface area contributed by atoms with Crippen molar-refractivity contribution >= 4 is 17.4 Å². The van der Waals surface area contributed by atoms with Crippen LogP contribution in [-0.2, 0) is 0 Å². The number of ketones is 1. The zero-order valence-electron chi connectivity index (χ0n) is 13.2. The van der Waals surface area contributed by atoms with E-state index in [-0.39, 0.29) is 11.5 Å². The molecule has 0 radical (unpaired) electrons. The van der Waals surface area contributed by atoms with Crippen LogP contribution in [-0.4, -0.2) is 31.9 Å². The van der Waals surface area contributed by atoms with Crippen molar-refractivity contribution in [3.63, 3.8) is 0 Å². The second-order valence-electron chi connectivity index (χ2n) is 5.07. The molecule has 0 aliphatic rings. The number of carbonyl (C=O) groups excluding carboxylic acids is 1. The van der Waals surface area contributed by atoms with Crippen LogP contribution in [0.15, 0.2) is 60.5 Å². The molecule has 0 bridgehead atoms. The van der Waals surface area contributed by atoms with Crippen LogP contribution in [0.4, 0.5) is 0 Å². The van der Waals surface area contributed by atoms with E-state index in [1.807, 2.05) is 14.1 Å². The zero-order valence-corrected chi connectivity index (χ0v) is 14.0. The topological polar surface area (TPSA) is 38.8 Å². The molecule has 4 nitrogen and oxygen atoms in total. The average Bonchev–Trinajstić information content (AvgIpc) is 2.54. The summed E-state index contributed by atoms with van der Waals surface area (Å²) in [4.78, 5) is 14.4. The van der Waals surface area contributed by atoms with E-state index in [9.17, 15) is 4.79 Å². The highest BCUT2D eigenvalue weighted by Gasteiger charge is 2.15. The molecule has 0 aromatic heterocycles. The molecule has 23 heavy (non-hydrogen) atoms. The third-order valence-corrected chi connectivity index (χ3v) is 3.24. The highest BCUT2D eigenvalue weighted by Crippen LogP contribution is 2.21. The summed E-state index contributed by atoms with van der Waals surface area (Å²) in [6, 6.07) is 13.7. The number of Topliss-reactive ketones (excluding diaryl/α,β-unsaturated/α-hetero) is 1. The fourth-order valence-electron chi connectivity index (χ4n) is 1.88. The molecule has 0 spiro atoms. The fourth-order valence-corrected chi connectivity index (χ4v) is 2.01. The summed E-state index contributed by atoms with van der Waals surface area (Å²) in [5.41, 5.74) is 0.510. The van der Waals surface area contributed by atoms with E-state index in [1.54, 1.807) is 66.7 Å². The van der Waals surface area contributed by atoms with E-state index >= 15 is 0 Å². The predicted molar refractivity (Wildman–Crippen MR) is 91.2 cm³/mol. The van der Waals surface area contributed by atoms with Gasteiger partial charge in [0.15, 0.2) is 5.76 Å². The van der Waals surface area contributed by atoms with E-state index in [1.165, 1.54) is 0 Å². The Kier molecular flexibility index (Phi) is 5.66. The lowest BCUT2D eigenvalue weighted by Gasteiger charge is -2.13. The largest absolute Gasteiger partial charge is 0.497 e. The summed E-state index contributed by atoms with van der Waals surface area (Å²) in [7, 11) is 5.25. The number of hydrogen-bond acceptors (Lipinski definition) is 4. The Hall–Kier alpha value is -2.46. The van der Waals surface area contributed by atoms with Crippen molar-refractivity contribution in [2.24, 2.45) is 0 Å². The molecule has 0 saturated heterocycles. The van der Waals surface area contributed by atoms with Gasteiger partial charge in [-0.05, 0) is 48.5 Å². The first kappa shape index (κ1) is 16.9. The molecule has 2 aromatic carbocycles. The molecule has 5 heteroatoms. The highest BCUT2D eigenvalue weighted by atomic mass is 35.5. The predicted octanol–water partition coefficient (Wildman–Crippen LogP) is 4.01. The molecule has 0 aliphatic heterocycles. The summed E-state index contributed by atoms with van der Waals surface area (Å²) in [5, 5.41) is 0.579. The van der Waals surface area contributed by atoms with Gasteiger partial charge in [0.1, 0.15) is 11.5 Å². The smallest absolute Gasteiger partial charge is 0.229 e. The number of carbonyl (C=O) groups is 1. The quantitative estimate of drug-likeness (QED) is 0.455. The van der Waals surface area contributed by atoms with Gasteiger partial charge in [0, 0.05) is 30.9 Å². The number of hydrogen-bond donors (Lipinski definition) is 0. The second-order valence-corrected chi connectivity index (χ2v) is 5.51. The van der Waals surface area contributed by atoms with Gasteiger partial charge in [-0.3, -0.25) is 4.79 Å². The second kappa shape index (κ2) is 7.70. The van der Waals surface area contributed by atoms with Gasteiger partial charge in [0.05, 0.1) is 7.11 Å². The van der Waals surface area contributed by atoms with Crippen molar-refractivity contribution < 1.29 is 14.3 Å². The third kappa shape index (κ3) is 4.76. The number of benzene rings is 2. The normalized spacial score (nSPS) is 11.0. The lowest BCUT2D eigenvalue weighted by molar-refractivity contribution is 0.0982. The van der Waals surface area contributed by atoms with Crippen molar-refractivity contribution in [1.82, 2.24) is 4.90 Å². The number of methoxy groups -OCH3 is 1. The molecule has 2 aromatic rings. The minimum Gasteiger partial charge on any atom is -0.497 e. The van der Waals surface area contributed by atoms with Crippen LogP contribution < -0.4 is 9.47 Å². The highest BCUT2D eigenvalue weighted by molar-refractivity contribution is 6.30. The summed E-state index contributed by atoms with van der Waals surface area (Å²) >= 11 is 5.86. The van der Waals surface area contributed by atoms with Gasteiger partial charge in [0.2, 0.25) is 5.78 Å². The summed E-state index contributed by atoms with van der Waals surface area (Å²) in [5.74, 6) is 1.29. The number of halogens is 1. The van der Waals surface area contributed by atoms with E-state index in [0.717, 1.165) is 5.75 Å². The van der Waals surface area contributed by atoms with Crippen molar-refractivity contribution in [1.29, 1.82) is 0 Å². The van der Waals surface area contributed by atoms with Gasteiger partial charge >= 0.3 is 0 Å². The monoisotopic (exact) mass is 331 g/mol. The first-order chi connectivity index (χ1) is 11.0. The number of rotatable bonds is 6. The Morgan fingerprint density at radius 3 is 2.09 bits per heavy atom. The summed E-state index contributed by atoms with van der Waals surface area (Å²) in [6.07, 6.45) is 1.64. The lowest BCUT2D eigenvalue weighted by Crippen LogP contribution is -2.14. The van der Waals surface area contributed by atoms with Crippen LogP contribution in [0, 0.1) is 0 Å². The maximum Gasteiger partial charge on any atom is 0.229 e. The van der Waals surface area contributed by atoms with Crippen LogP contribution >= 0.6 is 11.6 Å². The number of allylic oxidation sites excluding steroid dienone is 1. The molecule has 0 amide bonds. The molecule has 0 N–H and O–H groups in total. The molecule has 0 aliphatic carbocycles. The van der Waals surface area contributed by atoms with Gasteiger partial charge in [-0.25, -0.2) is 0 Å². The number of ether oxygens (including phenoxy) is 2. The van der Waals surface area contributed by atoms with Gasteiger partial charge in [-0.15, -0.1) is 0 Å². The zero-order chi connectivity index (χ0) is 16.8. The molecular weight excluding hydrogens is 314 g/mol. The standard InChI is InChI=1S/C18H18ClNO3/c1-20(2)12-17(18(21)13-4-6-14(19)7-5-13)23-16-10-8-15(22-3)9-11-16/h4-12H,1-3H3/b17-12-. The maximum atomic E-state index is 12.6. The Morgan fingerprint density at radius 1 is 1.00 bits per heavy atom. The minimum absolute atomic E-state index is 0.216. The fraction of sp³-hybridized carbons (Fsp3) is 0.167. The Balaban J connectivity index is 2.26. The average molecular weight is 332 g/mol. The first-order valence-electron chi connectivity index (χ1n) is 7.00. The van der Waals surface area contributed by atoms with Crippen LogP contribution in [0.1, 0.15) is 10.4 Å². The Labute approximate surface area is 140 Å². The molecule has 2 rings (SSSR count). The van der Waals surface area contributed by atoms with E-state index in [0.29, 0.717) is 16.3 Å². The maximum absolute atomic E-state index is 12.6. The lowest BCUT2D eigenvalue weighted by atomic mass is 10.1. The van der Waals surface area contributed by atoms with Crippen LogP contribution in [0.5, 0.6) is 11.5 Å². The van der Waals surface area contributed by atoms with Crippen LogP contribution in [0.3, 0.4) is 0 Å². The number of nitrogens with zero attached hydrogens (tertiary/aromatic N) is 1. The summed E-state index contributed by atoms with van der Waals surface area (Å²) in [6.45, 7) is 0. The van der Waals surface area contributed by atoms with Crippen molar-refractivity contribution in [3.05, 3.63) is 71.1 Å². The summed E-state index contributed by atoms with van der Waals surface area (Å²) < 4.78 is 10.9. The van der Waals surface area contributed by atoms with Gasteiger partial charge < -0.3 is 14.4 Å². The molecule has 0 heterocycles. The van der Waals surface area contributed by atoms with Gasteiger partial charge in [-0.2, -0.15) is 0 Å². The Bertz CT molecular complexity index is 691. The van der Waals surface area contributed by atoms with E-state index in [2.05, 4.69) is 0 Å². The third-order valence-electron chi connectivity index (χ3n) is 2.99. The van der Waals surface area contributed by atoms with Gasteiger partial charge in [0.25, 0.3) is 0 Å². The molecule has 0 fully saturated rings. The molecule has 120 valence electrons. The first-order valence-corrected chi connectivity index (χ1v) is 7.38. The van der Waals surface area contributed by atoms with E-state index in [4.69, 9.17) is 21.1 Å². The molecule has 0 saturated carbocycles. The van der Waals surface area contributed by atoms with Crippen molar-refractivity contribution in [2.45, 2.75) is 0 Å². The molecular formula is C18H18ClNO3. The van der Waals surface area contributed by atoms with Gasteiger partial charge in [-0.1, -0.05) is 11.6 Å². The van der Waals surface area contributed by atoms with Crippen molar-refractivity contribution in [2.75, 3.05) is 21.2 Å². The Morgan fingerprint density at radius 2 is 1.57 bits per heavy atom. The molecule has 0 unspecified atom stereocenters. The van der Waals surface area contributed by atoms with Crippen LogP contribution in [0.2, 0.25) is 5.02 Å². The van der Waals surface area contributed by atoms with Crippen LogP contribution in [0.25, 0.3) is 0 Å².